The fourth-order valence-electron chi connectivity index (χ4n) is 2.78. The van der Waals surface area contributed by atoms with Crippen LogP contribution in [0.4, 0.5) is 13.2 Å². The number of hydrogen-bond donors (Lipinski definition) is 1. The molecule has 0 radical (unpaired) electrons. The number of nitrogens with one attached hydrogen (secondary N) is 1. The van der Waals surface area contributed by atoms with Gasteiger partial charge in [0.25, 0.3) is 0 Å². The molecular formula is C19H17F3N2O4. The molecule has 0 atom stereocenters. The van der Waals surface area contributed by atoms with Gasteiger partial charge in [0, 0.05) is 11.1 Å². The van der Waals surface area contributed by atoms with E-state index in [1.165, 1.54) is 45.6 Å². The maximum Gasteiger partial charge on any atom is 0.573 e. The van der Waals surface area contributed by atoms with Crippen LogP contribution in [0.15, 0.2) is 42.6 Å². The Balaban J connectivity index is 2.01. The predicted octanol–water partition coefficient (Wildman–Crippen LogP) is 4.67. The van der Waals surface area contributed by atoms with Gasteiger partial charge in [-0.25, -0.2) is 0 Å². The summed E-state index contributed by atoms with van der Waals surface area (Å²) in [4.78, 5) is 0. The molecule has 0 fully saturated rings. The first-order valence-electron chi connectivity index (χ1n) is 8.06. The van der Waals surface area contributed by atoms with Gasteiger partial charge in [0.05, 0.1) is 33.2 Å². The minimum absolute atomic E-state index is 0.301. The van der Waals surface area contributed by atoms with Crippen molar-refractivity contribution in [3.05, 3.63) is 42.6 Å². The van der Waals surface area contributed by atoms with Crippen LogP contribution in [0.5, 0.6) is 23.0 Å². The van der Waals surface area contributed by atoms with Gasteiger partial charge in [0.1, 0.15) is 5.75 Å². The molecule has 148 valence electrons. The predicted molar refractivity (Wildman–Crippen MR) is 95.8 cm³/mol. The zero-order valence-electron chi connectivity index (χ0n) is 15.3. The summed E-state index contributed by atoms with van der Waals surface area (Å²) in [5, 5.41) is 6.93. The first-order chi connectivity index (χ1) is 13.4. The van der Waals surface area contributed by atoms with Crippen LogP contribution in [0.3, 0.4) is 0 Å². The van der Waals surface area contributed by atoms with E-state index < -0.39 is 6.36 Å². The number of H-pyrrole nitrogens is 1. The number of aromatic nitrogens is 2. The molecule has 28 heavy (non-hydrogen) atoms. The number of aromatic amines is 1. The summed E-state index contributed by atoms with van der Waals surface area (Å²) in [5.41, 5.74) is 2.70. The largest absolute Gasteiger partial charge is 0.573 e. The molecule has 9 heteroatoms. The molecular weight excluding hydrogens is 377 g/mol. The lowest BCUT2D eigenvalue weighted by atomic mass is 10.0. The van der Waals surface area contributed by atoms with E-state index in [0.29, 0.717) is 34.1 Å². The van der Waals surface area contributed by atoms with Crippen LogP contribution in [0.25, 0.3) is 22.4 Å². The zero-order chi connectivity index (χ0) is 20.3. The van der Waals surface area contributed by atoms with Gasteiger partial charge in [-0.3, -0.25) is 5.10 Å². The van der Waals surface area contributed by atoms with E-state index in [1.54, 1.807) is 18.3 Å². The topological polar surface area (TPSA) is 65.6 Å². The number of benzene rings is 2. The van der Waals surface area contributed by atoms with Crippen molar-refractivity contribution >= 4 is 0 Å². The number of methoxy groups -OCH3 is 3. The molecule has 0 spiro atoms. The summed E-state index contributed by atoms with van der Waals surface area (Å²) in [6.07, 6.45) is -3.13. The molecule has 3 rings (SSSR count). The Morgan fingerprint density at radius 2 is 1.46 bits per heavy atom. The molecule has 0 aliphatic heterocycles. The first-order valence-corrected chi connectivity index (χ1v) is 8.06. The Kier molecular flexibility index (Phi) is 5.34. The fourth-order valence-corrected chi connectivity index (χ4v) is 2.78. The van der Waals surface area contributed by atoms with Crippen LogP contribution >= 0.6 is 0 Å². The fraction of sp³-hybridized carbons (Fsp3) is 0.211. The second-order valence-electron chi connectivity index (χ2n) is 5.64. The summed E-state index contributed by atoms with van der Waals surface area (Å²) in [5.74, 6) is 1.09. The third kappa shape index (κ3) is 3.98. The number of alkyl halides is 3. The SMILES string of the molecule is COc1cc(-c2cn[nH]c2-c2ccc(OC(F)(F)F)cc2)cc(OC)c1OC. The average Bonchev–Trinajstić information content (AvgIpc) is 3.15. The minimum atomic E-state index is -4.74. The Hall–Kier alpha value is -3.36. The highest BCUT2D eigenvalue weighted by Gasteiger charge is 2.31. The Morgan fingerprint density at radius 1 is 0.857 bits per heavy atom. The summed E-state index contributed by atoms with van der Waals surface area (Å²) in [6, 6.07) is 9.02. The highest BCUT2D eigenvalue weighted by Crippen LogP contribution is 2.43. The number of rotatable bonds is 6. The quantitative estimate of drug-likeness (QED) is 0.658. The van der Waals surface area contributed by atoms with E-state index >= 15 is 0 Å². The highest BCUT2D eigenvalue weighted by molar-refractivity contribution is 5.82. The molecule has 0 aliphatic carbocycles. The van der Waals surface area contributed by atoms with E-state index in [-0.39, 0.29) is 5.75 Å². The number of hydrogen-bond acceptors (Lipinski definition) is 5. The summed E-state index contributed by atoms with van der Waals surface area (Å²) >= 11 is 0. The van der Waals surface area contributed by atoms with Crippen molar-refractivity contribution in [3.8, 4) is 45.4 Å². The molecule has 6 nitrogen and oxygen atoms in total. The summed E-state index contributed by atoms with van der Waals surface area (Å²) in [7, 11) is 4.53. The first kappa shape index (κ1) is 19.4. The van der Waals surface area contributed by atoms with Gasteiger partial charge in [0.15, 0.2) is 11.5 Å². The van der Waals surface area contributed by atoms with Crippen molar-refractivity contribution in [1.82, 2.24) is 10.2 Å². The van der Waals surface area contributed by atoms with E-state index in [9.17, 15) is 13.2 Å². The molecule has 0 amide bonds. The molecule has 0 aliphatic rings. The maximum absolute atomic E-state index is 12.3. The van der Waals surface area contributed by atoms with Gasteiger partial charge in [-0.15, -0.1) is 13.2 Å². The molecule has 1 aromatic heterocycles. The molecule has 1 heterocycles. The van der Waals surface area contributed by atoms with Crippen LogP contribution in [0.2, 0.25) is 0 Å². The van der Waals surface area contributed by atoms with Crippen molar-refractivity contribution in [1.29, 1.82) is 0 Å². The highest BCUT2D eigenvalue weighted by atomic mass is 19.4. The lowest BCUT2D eigenvalue weighted by Gasteiger charge is -2.14. The number of ether oxygens (including phenoxy) is 4. The van der Waals surface area contributed by atoms with Gasteiger partial charge in [0.2, 0.25) is 5.75 Å². The van der Waals surface area contributed by atoms with Crippen LogP contribution in [0, 0.1) is 0 Å². The maximum atomic E-state index is 12.3. The zero-order valence-corrected chi connectivity index (χ0v) is 15.3. The summed E-state index contributed by atoms with van der Waals surface area (Å²) in [6.45, 7) is 0. The van der Waals surface area contributed by atoms with Crippen molar-refractivity contribution < 1.29 is 32.1 Å². The van der Waals surface area contributed by atoms with Crippen LogP contribution in [0.1, 0.15) is 0 Å². The third-order valence-electron chi connectivity index (χ3n) is 3.99. The second kappa shape index (κ2) is 7.71. The lowest BCUT2D eigenvalue weighted by molar-refractivity contribution is -0.274. The van der Waals surface area contributed by atoms with Crippen LogP contribution < -0.4 is 18.9 Å². The molecule has 0 unspecified atom stereocenters. The normalized spacial score (nSPS) is 11.2. The van der Waals surface area contributed by atoms with E-state index in [2.05, 4.69) is 14.9 Å². The van der Waals surface area contributed by atoms with Crippen molar-refractivity contribution in [2.24, 2.45) is 0 Å². The van der Waals surface area contributed by atoms with E-state index in [4.69, 9.17) is 14.2 Å². The average molecular weight is 394 g/mol. The smallest absolute Gasteiger partial charge is 0.493 e. The van der Waals surface area contributed by atoms with Gasteiger partial charge < -0.3 is 18.9 Å². The molecule has 0 bridgehead atoms. The Morgan fingerprint density at radius 3 is 1.96 bits per heavy atom. The summed E-state index contributed by atoms with van der Waals surface area (Å²) < 4.78 is 57.0. The molecule has 0 saturated heterocycles. The van der Waals surface area contributed by atoms with Gasteiger partial charge >= 0.3 is 6.36 Å². The molecule has 0 saturated carbocycles. The monoisotopic (exact) mass is 394 g/mol. The second-order valence-corrected chi connectivity index (χ2v) is 5.64. The van der Waals surface area contributed by atoms with Crippen molar-refractivity contribution in [3.63, 3.8) is 0 Å². The van der Waals surface area contributed by atoms with Crippen molar-refractivity contribution in [2.75, 3.05) is 21.3 Å². The minimum Gasteiger partial charge on any atom is -0.493 e. The number of nitrogens with zero attached hydrogens (tertiary/aromatic N) is 1. The van der Waals surface area contributed by atoms with Crippen LogP contribution in [-0.2, 0) is 0 Å². The lowest BCUT2D eigenvalue weighted by Crippen LogP contribution is -2.16. The standard InChI is InChI=1S/C19H17F3N2O4/c1-25-15-8-12(9-16(26-2)18(15)27-3)14-10-23-24-17(14)11-4-6-13(7-5-11)28-19(20,21)22/h4-10H,1-3H3,(H,23,24). The van der Waals surface area contributed by atoms with Crippen molar-refractivity contribution in [2.45, 2.75) is 6.36 Å². The van der Waals surface area contributed by atoms with Crippen LogP contribution in [-0.4, -0.2) is 37.9 Å². The Bertz CT molecular complexity index is 928. The third-order valence-corrected chi connectivity index (χ3v) is 3.99. The molecule has 2 aromatic carbocycles. The van der Waals surface area contributed by atoms with E-state index in [0.717, 1.165) is 5.56 Å². The Labute approximate surface area is 158 Å². The molecule has 3 aromatic rings. The number of halogens is 3. The van der Waals surface area contributed by atoms with Gasteiger partial charge in [-0.2, -0.15) is 5.10 Å². The van der Waals surface area contributed by atoms with E-state index in [1.807, 2.05) is 0 Å². The van der Waals surface area contributed by atoms with Gasteiger partial charge in [-0.1, -0.05) is 0 Å². The van der Waals surface area contributed by atoms with Gasteiger partial charge in [-0.05, 0) is 42.0 Å². The molecule has 1 N–H and O–H groups in total.